The number of ether oxygens (including phenoxy) is 2. The summed E-state index contributed by atoms with van der Waals surface area (Å²) in [6.45, 7) is 5.06. The molecule has 1 aliphatic carbocycles. The minimum absolute atomic E-state index is 0.267. The maximum Gasteiger partial charge on any atom is 0.201 e. The van der Waals surface area contributed by atoms with Gasteiger partial charge in [0.2, 0.25) is 5.79 Å². The SMILES string of the molecule is C[C@@H]1CC[C@H]2[C@H](CBr)CO[C@@H]3O[C@]4(C)CC[C@@H]1[C@]32OO4. The molecule has 0 aromatic heterocycles. The molecule has 5 fully saturated rings. The molecule has 114 valence electrons. The molecule has 2 bridgehead atoms. The molecule has 0 N–H and O–H groups in total. The highest BCUT2D eigenvalue weighted by Gasteiger charge is 2.68. The molecule has 0 aromatic carbocycles. The molecule has 0 unspecified atom stereocenters. The van der Waals surface area contributed by atoms with E-state index < -0.39 is 11.4 Å². The number of halogens is 1. The van der Waals surface area contributed by atoms with Gasteiger partial charge in [-0.3, -0.25) is 0 Å². The smallest absolute Gasteiger partial charge is 0.201 e. The van der Waals surface area contributed by atoms with Crippen LogP contribution in [0.1, 0.15) is 39.5 Å². The van der Waals surface area contributed by atoms with Crippen molar-refractivity contribution in [1.29, 1.82) is 0 Å². The van der Waals surface area contributed by atoms with Gasteiger partial charge in [-0.1, -0.05) is 22.9 Å². The molecule has 1 spiro atoms. The minimum Gasteiger partial charge on any atom is -0.349 e. The van der Waals surface area contributed by atoms with Gasteiger partial charge >= 0.3 is 0 Å². The topological polar surface area (TPSA) is 36.9 Å². The summed E-state index contributed by atoms with van der Waals surface area (Å²) in [7, 11) is 0. The molecule has 0 radical (unpaired) electrons. The van der Waals surface area contributed by atoms with Gasteiger partial charge in [0.05, 0.1) is 6.61 Å². The lowest BCUT2D eigenvalue weighted by atomic mass is 9.58. The first kappa shape index (κ1) is 13.9. The molecule has 5 rings (SSSR count). The van der Waals surface area contributed by atoms with Crippen LogP contribution in [0, 0.1) is 23.7 Å². The first-order valence-electron chi connectivity index (χ1n) is 7.81. The minimum atomic E-state index is -0.640. The van der Waals surface area contributed by atoms with Crippen LogP contribution in [-0.2, 0) is 19.2 Å². The standard InChI is InChI=1S/C15H23BrO4/c1-9-3-4-12-10(7-16)8-17-13-15(12)11(9)5-6-14(2,18-13)19-20-15/h9-13H,3-8H2,1-2H3/t9-,10-,11+,12+,13-,14+,15-/m1/s1. The van der Waals surface area contributed by atoms with Crippen LogP contribution in [0.4, 0.5) is 0 Å². The fourth-order valence-electron chi connectivity index (χ4n) is 4.88. The average Bonchev–Trinajstić information content (AvgIpc) is 2.67. The maximum atomic E-state index is 6.19. The summed E-state index contributed by atoms with van der Waals surface area (Å²) in [4.78, 5) is 11.8. The molecule has 4 heterocycles. The highest BCUT2D eigenvalue weighted by atomic mass is 79.9. The van der Waals surface area contributed by atoms with Gasteiger partial charge in [0.1, 0.15) is 0 Å². The molecule has 0 aromatic rings. The Hall–Kier alpha value is 0.320. The van der Waals surface area contributed by atoms with Crippen molar-refractivity contribution in [3.63, 3.8) is 0 Å². The monoisotopic (exact) mass is 346 g/mol. The van der Waals surface area contributed by atoms with Gasteiger partial charge in [-0.05, 0) is 43.9 Å². The summed E-state index contributed by atoms with van der Waals surface area (Å²) in [5.41, 5.74) is -0.398. The number of hydrogen-bond donors (Lipinski definition) is 0. The van der Waals surface area contributed by atoms with Gasteiger partial charge in [-0.25, -0.2) is 9.78 Å². The molecule has 5 heteroatoms. The summed E-state index contributed by atoms with van der Waals surface area (Å²) in [6.07, 6.45) is 4.17. The molecule has 5 aliphatic rings. The van der Waals surface area contributed by atoms with E-state index in [0.717, 1.165) is 24.8 Å². The third-order valence-electron chi connectivity index (χ3n) is 6.00. The third kappa shape index (κ3) is 1.73. The summed E-state index contributed by atoms with van der Waals surface area (Å²) < 4.78 is 12.3. The highest BCUT2D eigenvalue weighted by Crippen LogP contribution is 2.59. The summed E-state index contributed by atoms with van der Waals surface area (Å²) >= 11 is 3.65. The number of rotatable bonds is 1. The number of hydrogen-bond acceptors (Lipinski definition) is 4. The quantitative estimate of drug-likeness (QED) is 0.539. The van der Waals surface area contributed by atoms with Gasteiger partial charge in [-0.2, -0.15) is 0 Å². The van der Waals surface area contributed by atoms with Gasteiger partial charge in [0, 0.05) is 17.7 Å². The Labute approximate surface area is 128 Å². The van der Waals surface area contributed by atoms with Crippen LogP contribution in [0.3, 0.4) is 0 Å². The van der Waals surface area contributed by atoms with Crippen LogP contribution in [0.2, 0.25) is 0 Å². The van der Waals surface area contributed by atoms with E-state index in [2.05, 4.69) is 22.9 Å². The second-order valence-corrected chi connectivity index (χ2v) is 7.81. The van der Waals surface area contributed by atoms with E-state index in [1.807, 2.05) is 6.92 Å². The normalized spacial score (nSPS) is 58.0. The fraction of sp³-hybridized carbons (Fsp3) is 1.00. The van der Waals surface area contributed by atoms with E-state index in [9.17, 15) is 0 Å². The van der Waals surface area contributed by atoms with Crippen LogP contribution in [0.5, 0.6) is 0 Å². The summed E-state index contributed by atoms with van der Waals surface area (Å²) in [5.74, 6) is 1.41. The van der Waals surface area contributed by atoms with Crippen LogP contribution >= 0.6 is 15.9 Å². The van der Waals surface area contributed by atoms with Gasteiger partial charge in [-0.15, -0.1) is 0 Å². The third-order valence-corrected chi connectivity index (χ3v) is 6.84. The van der Waals surface area contributed by atoms with Crippen molar-refractivity contribution in [3.8, 4) is 0 Å². The number of alkyl halides is 1. The van der Waals surface area contributed by atoms with E-state index in [0.29, 0.717) is 23.7 Å². The van der Waals surface area contributed by atoms with Gasteiger partial charge < -0.3 is 9.47 Å². The second-order valence-electron chi connectivity index (χ2n) is 7.16. The van der Waals surface area contributed by atoms with Crippen molar-refractivity contribution in [2.45, 2.75) is 57.2 Å². The van der Waals surface area contributed by atoms with Gasteiger partial charge in [0.25, 0.3) is 0 Å². The Morgan fingerprint density at radius 3 is 2.80 bits per heavy atom. The Balaban J connectivity index is 1.79. The lowest BCUT2D eigenvalue weighted by Gasteiger charge is -2.59. The lowest BCUT2D eigenvalue weighted by Crippen LogP contribution is -2.69. The molecule has 4 aliphatic heterocycles. The van der Waals surface area contributed by atoms with Crippen molar-refractivity contribution in [2.24, 2.45) is 23.7 Å². The zero-order valence-electron chi connectivity index (χ0n) is 12.1. The molecule has 4 nitrogen and oxygen atoms in total. The second kappa shape index (κ2) is 4.66. The summed E-state index contributed by atoms with van der Waals surface area (Å²) in [5, 5.41) is 0.952. The van der Waals surface area contributed by atoms with Gasteiger partial charge in [0.15, 0.2) is 11.9 Å². The van der Waals surface area contributed by atoms with Crippen molar-refractivity contribution < 1.29 is 19.2 Å². The lowest BCUT2D eigenvalue weighted by molar-refractivity contribution is -0.566. The van der Waals surface area contributed by atoms with E-state index in [1.54, 1.807) is 0 Å². The first-order chi connectivity index (χ1) is 9.59. The van der Waals surface area contributed by atoms with Crippen LogP contribution in [0.15, 0.2) is 0 Å². The van der Waals surface area contributed by atoms with Crippen molar-refractivity contribution in [2.75, 3.05) is 11.9 Å². The van der Waals surface area contributed by atoms with Crippen LogP contribution in [-0.4, -0.2) is 29.6 Å². The Morgan fingerprint density at radius 2 is 2.00 bits per heavy atom. The Bertz CT molecular complexity index is 401. The van der Waals surface area contributed by atoms with Crippen molar-refractivity contribution >= 4 is 15.9 Å². The van der Waals surface area contributed by atoms with Crippen molar-refractivity contribution in [1.82, 2.24) is 0 Å². The van der Waals surface area contributed by atoms with E-state index >= 15 is 0 Å². The van der Waals surface area contributed by atoms with E-state index in [1.165, 1.54) is 12.8 Å². The number of fused-ring (bicyclic) bond motifs is 2. The van der Waals surface area contributed by atoms with Crippen molar-refractivity contribution in [3.05, 3.63) is 0 Å². The predicted octanol–water partition coefficient (Wildman–Crippen LogP) is 3.24. The van der Waals surface area contributed by atoms with E-state index in [-0.39, 0.29) is 6.29 Å². The molecule has 1 saturated carbocycles. The van der Waals surface area contributed by atoms with Crippen LogP contribution < -0.4 is 0 Å². The van der Waals surface area contributed by atoms with E-state index in [4.69, 9.17) is 19.2 Å². The Kier molecular flexibility index (Phi) is 3.25. The molecular formula is C15H23BrO4. The highest BCUT2D eigenvalue weighted by molar-refractivity contribution is 9.09. The molecular weight excluding hydrogens is 324 g/mol. The molecule has 20 heavy (non-hydrogen) atoms. The summed E-state index contributed by atoms with van der Waals surface area (Å²) in [6, 6.07) is 0. The molecule has 0 amide bonds. The predicted molar refractivity (Wildman–Crippen MR) is 76.0 cm³/mol. The molecule has 4 saturated heterocycles. The fourth-order valence-corrected chi connectivity index (χ4v) is 5.51. The Morgan fingerprint density at radius 1 is 1.15 bits per heavy atom. The van der Waals surface area contributed by atoms with Crippen LogP contribution in [0.25, 0.3) is 0 Å². The first-order valence-corrected chi connectivity index (χ1v) is 8.93. The largest absolute Gasteiger partial charge is 0.349 e. The zero-order chi connectivity index (χ0) is 14.0. The maximum absolute atomic E-state index is 6.19. The molecule has 7 atom stereocenters. The average molecular weight is 347 g/mol. The zero-order valence-corrected chi connectivity index (χ0v) is 13.7.